The van der Waals surface area contributed by atoms with E-state index in [2.05, 4.69) is 10.3 Å². The van der Waals surface area contributed by atoms with Crippen molar-refractivity contribution in [3.05, 3.63) is 36.0 Å². The van der Waals surface area contributed by atoms with E-state index in [1.54, 1.807) is 0 Å². The minimum Gasteiger partial charge on any atom is -0.396 e. The van der Waals surface area contributed by atoms with Gasteiger partial charge < -0.3 is 15.4 Å². The topological polar surface area (TPSA) is 65.1 Å². The molecule has 1 saturated carbocycles. The van der Waals surface area contributed by atoms with Crippen LogP contribution in [0.5, 0.6) is 0 Å². The van der Waals surface area contributed by atoms with Gasteiger partial charge in [0.1, 0.15) is 5.69 Å². The molecule has 1 heterocycles. The second-order valence-electron chi connectivity index (χ2n) is 5.97. The maximum Gasteiger partial charge on any atom is 0.267 e. The molecule has 1 aliphatic rings. The Kier molecular flexibility index (Phi) is 4.25. The Morgan fingerprint density at radius 3 is 2.71 bits per heavy atom. The predicted molar refractivity (Wildman–Crippen MR) is 83.2 cm³/mol. The molecule has 1 aromatic carbocycles. The molecule has 2 aromatic rings. The number of carbonyl (C=O) groups is 1. The van der Waals surface area contributed by atoms with E-state index < -0.39 is 0 Å². The van der Waals surface area contributed by atoms with Crippen LogP contribution in [-0.4, -0.2) is 28.6 Å². The molecule has 0 unspecified atom stereocenters. The van der Waals surface area contributed by atoms with Crippen molar-refractivity contribution in [1.82, 2.24) is 10.3 Å². The lowest BCUT2D eigenvalue weighted by molar-refractivity contribution is 0.0914. The average Bonchev–Trinajstić information content (AvgIpc) is 2.94. The van der Waals surface area contributed by atoms with Crippen LogP contribution < -0.4 is 5.32 Å². The van der Waals surface area contributed by atoms with Crippen LogP contribution in [-0.2, 0) is 0 Å². The molecule has 21 heavy (non-hydrogen) atoms. The highest BCUT2D eigenvalue weighted by atomic mass is 16.3. The molecular formula is C17H22N2O2. The highest BCUT2D eigenvalue weighted by Crippen LogP contribution is 2.26. The summed E-state index contributed by atoms with van der Waals surface area (Å²) >= 11 is 0. The summed E-state index contributed by atoms with van der Waals surface area (Å²) in [7, 11) is 0. The van der Waals surface area contributed by atoms with E-state index in [9.17, 15) is 4.79 Å². The molecule has 1 aliphatic carbocycles. The van der Waals surface area contributed by atoms with Gasteiger partial charge in [-0.25, -0.2) is 0 Å². The fraction of sp³-hybridized carbons (Fsp3) is 0.471. The zero-order valence-corrected chi connectivity index (χ0v) is 12.1. The van der Waals surface area contributed by atoms with Crippen LogP contribution in [0.15, 0.2) is 30.3 Å². The maximum atomic E-state index is 12.3. The molecule has 0 atom stereocenters. The van der Waals surface area contributed by atoms with Crippen molar-refractivity contribution in [3.8, 4) is 0 Å². The highest BCUT2D eigenvalue weighted by Gasteiger charge is 2.22. The Morgan fingerprint density at radius 2 is 2.00 bits per heavy atom. The number of aliphatic hydroxyl groups is 1. The third-order valence-electron chi connectivity index (χ3n) is 4.49. The zero-order chi connectivity index (χ0) is 14.7. The number of H-pyrrole nitrogens is 1. The first-order valence-electron chi connectivity index (χ1n) is 7.75. The van der Waals surface area contributed by atoms with Gasteiger partial charge in [0.25, 0.3) is 5.91 Å². The molecule has 1 fully saturated rings. The van der Waals surface area contributed by atoms with Crippen molar-refractivity contribution in [3.63, 3.8) is 0 Å². The number of rotatable bonds is 4. The summed E-state index contributed by atoms with van der Waals surface area (Å²) in [5.41, 5.74) is 1.63. The van der Waals surface area contributed by atoms with E-state index in [0.717, 1.165) is 43.0 Å². The molecule has 112 valence electrons. The number of nitrogens with one attached hydrogen (secondary N) is 2. The zero-order valence-electron chi connectivity index (χ0n) is 12.1. The molecule has 0 saturated heterocycles. The van der Waals surface area contributed by atoms with E-state index in [4.69, 9.17) is 5.11 Å². The predicted octanol–water partition coefficient (Wildman–Crippen LogP) is 2.84. The van der Waals surface area contributed by atoms with Crippen molar-refractivity contribution < 1.29 is 9.90 Å². The van der Waals surface area contributed by atoms with Crippen molar-refractivity contribution >= 4 is 16.8 Å². The van der Waals surface area contributed by atoms with E-state index in [1.165, 1.54) is 0 Å². The van der Waals surface area contributed by atoms with Gasteiger partial charge in [0, 0.05) is 23.6 Å². The molecule has 0 spiro atoms. The Bertz CT molecular complexity index is 579. The number of fused-ring (bicyclic) bond motifs is 1. The lowest BCUT2D eigenvalue weighted by Gasteiger charge is -2.28. The molecule has 3 N–H and O–H groups in total. The molecular weight excluding hydrogens is 264 g/mol. The van der Waals surface area contributed by atoms with E-state index in [0.29, 0.717) is 11.6 Å². The van der Waals surface area contributed by atoms with E-state index >= 15 is 0 Å². The van der Waals surface area contributed by atoms with E-state index in [1.807, 2.05) is 30.3 Å². The smallest absolute Gasteiger partial charge is 0.267 e. The van der Waals surface area contributed by atoms with Gasteiger partial charge in [-0.15, -0.1) is 0 Å². The van der Waals surface area contributed by atoms with Gasteiger partial charge in [0.15, 0.2) is 0 Å². The quantitative estimate of drug-likeness (QED) is 0.809. The SMILES string of the molecule is O=C(N[C@H]1CC[C@H](CCO)CC1)c1cc2ccccc2[nH]1. The highest BCUT2D eigenvalue weighted by molar-refractivity contribution is 5.98. The van der Waals surface area contributed by atoms with Crippen LogP contribution in [0.1, 0.15) is 42.6 Å². The van der Waals surface area contributed by atoms with Gasteiger partial charge in [-0.2, -0.15) is 0 Å². The second kappa shape index (κ2) is 6.31. The monoisotopic (exact) mass is 286 g/mol. The van der Waals surface area contributed by atoms with Crippen molar-refractivity contribution in [2.24, 2.45) is 5.92 Å². The number of amides is 1. The van der Waals surface area contributed by atoms with Gasteiger partial charge in [-0.05, 0) is 50.2 Å². The number of hydrogen-bond acceptors (Lipinski definition) is 2. The molecule has 3 rings (SSSR count). The molecule has 0 bridgehead atoms. The third-order valence-corrected chi connectivity index (χ3v) is 4.49. The van der Waals surface area contributed by atoms with Crippen LogP contribution in [0.3, 0.4) is 0 Å². The number of para-hydroxylation sites is 1. The Hall–Kier alpha value is -1.81. The maximum absolute atomic E-state index is 12.3. The molecule has 0 radical (unpaired) electrons. The lowest BCUT2D eigenvalue weighted by Crippen LogP contribution is -2.37. The summed E-state index contributed by atoms with van der Waals surface area (Å²) < 4.78 is 0. The summed E-state index contributed by atoms with van der Waals surface area (Å²) in [6, 6.07) is 10.1. The van der Waals surface area contributed by atoms with Crippen LogP contribution in [0.25, 0.3) is 10.9 Å². The minimum absolute atomic E-state index is 0.0168. The molecule has 4 nitrogen and oxygen atoms in total. The molecule has 1 amide bonds. The van der Waals surface area contributed by atoms with Crippen LogP contribution in [0, 0.1) is 5.92 Å². The van der Waals surface area contributed by atoms with Crippen LogP contribution in [0.4, 0.5) is 0 Å². The van der Waals surface area contributed by atoms with Crippen LogP contribution >= 0.6 is 0 Å². The first kappa shape index (κ1) is 14.1. The summed E-state index contributed by atoms with van der Waals surface area (Å²) in [5.74, 6) is 0.605. The number of benzene rings is 1. The van der Waals surface area contributed by atoms with E-state index in [-0.39, 0.29) is 18.6 Å². The third kappa shape index (κ3) is 3.27. The van der Waals surface area contributed by atoms with Gasteiger partial charge in [-0.1, -0.05) is 18.2 Å². The number of aromatic nitrogens is 1. The number of hydrogen-bond donors (Lipinski definition) is 3. The van der Waals surface area contributed by atoms with Gasteiger partial charge >= 0.3 is 0 Å². The average molecular weight is 286 g/mol. The fourth-order valence-corrected chi connectivity index (χ4v) is 3.24. The molecule has 4 heteroatoms. The normalized spacial score (nSPS) is 22.3. The Balaban J connectivity index is 1.59. The first-order valence-corrected chi connectivity index (χ1v) is 7.75. The Labute approximate surface area is 124 Å². The number of carbonyl (C=O) groups excluding carboxylic acids is 1. The Morgan fingerprint density at radius 1 is 1.24 bits per heavy atom. The number of aromatic amines is 1. The van der Waals surface area contributed by atoms with Gasteiger partial charge in [0.05, 0.1) is 0 Å². The molecule has 0 aliphatic heterocycles. The summed E-state index contributed by atoms with van der Waals surface area (Å²) in [4.78, 5) is 15.5. The number of aliphatic hydroxyl groups excluding tert-OH is 1. The standard InChI is InChI=1S/C17H22N2O2/c20-10-9-12-5-7-14(8-6-12)18-17(21)16-11-13-3-1-2-4-15(13)19-16/h1-4,11-12,14,19-20H,5-10H2,(H,18,21)/t12-,14-. The fourth-order valence-electron chi connectivity index (χ4n) is 3.24. The van der Waals surface area contributed by atoms with Crippen molar-refractivity contribution in [1.29, 1.82) is 0 Å². The second-order valence-corrected chi connectivity index (χ2v) is 5.97. The van der Waals surface area contributed by atoms with Crippen LogP contribution in [0.2, 0.25) is 0 Å². The van der Waals surface area contributed by atoms with Crippen molar-refractivity contribution in [2.75, 3.05) is 6.61 Å². The summed E-state index contributed by atoms with van der Waals surface area (Å²) in [6.45, 7) is 0.275. The van der Waals surface area contributed by atoms with Gasteiger partial charge in [0.2, 0.25) is 0 Å². The summed E-state index contributed by atoms with van der Waals surface area (Å²) in [6.07, 6.45) is 5.10. The lowest BCUT2D eigenvalue weighted by atomic mass is 9.84. The molecule has 1 aromatic heterocycles. The van der Waals surface area contributed by atoms with Crippen molar-refractivity contribution in [2.45, 2.75) is 38.1 Å². The first-order chi connectivity index (χ1) is 10.3. The largest absolute Gasteiger partial charge is 0.396 e. The summed E-state index contributed by atoms with van der Waals surface area (Å²) in [5, 5.41) is 13.2. The van der Waals surface area contributed by atoms with Gasteiger partial charge in [-0.3, -0.25) is 4.79 Å². The minimum atomic E-state index is -0.0168.